The second kappa shape index (κ2) is 5.05. The smallest absolute Gasteiger partial charge is 0.122 e. The van der Waals surface area contributed by atoms with E-state index in [-0.39, 0.29) is 11.7 Å². The van der Waals surface area contributed by atoms with Crippen molar-refractivity contribution in [3.05, 3.63) is 29.3 Å². The Kier molecular flexibility index (Phi) is 3.20. The molecule has 1 aromatic rings. The highest BCUT2D eigenvalue weighted by molar-refractivity contribution is 5.40. The third-order valence-electron chi connectivity index (χ3n) is 5.02. The zero-order chi connectivity index (χ0) is 13.4. The Labute approximate surface area is 120 Å². The van der Waals surface area contributed by atoms with Crippen molar-refractivity contribution in [3.63, 3.8) is 0 Å². The molecular formula is C17H23NO2. The van der Waals surface area contributed by atoms with Gasteiger partial charge in [0.1, 0.15) is 5.75 Å². The van der Waals surface area contributed by atoms with Crippen molar-refractivity contribution in [1.29, 1.82) is 0 Å². The van der Waals surface area contributed by atoms with Gasteiger partial charge in [0.05, 0.1) is 18.3 Å². The number of hydrogen-bond donors (Lipinski definition) is 1. The topological polar surface area (TPSA) is 30.5 Å². The minimum absolute atomic E-state index is 0.0939. The van der Waals surface area contributed by atoms with E-state index >= 15 is 0 Å². The van der Waals surface area contributed by atoms with Gasteiger partial charge in [0, 0.05) is 19.5 Å². The fourth-order valence-electron chi connectivity index (χ4n) is 3.90. The monoisotopic (exact) mass is 273 g/mol. The number of fused-ring (bicyclic) bond motifs is 1. The van der Waals surface area contributed by atoms with Crippen LogP contribution in [0, 0.1) is 0 Å². The van der Waals surface area contributed by atoms with Crippen molar-refractivity contribution in [3.8, 4) is 5.75 Å². The minimum atomic E-state index is 0.0939. The third-order valence-corrected chi connectivity index (χ3v) is 5.02. The molecule has 1 saturated carbocycles. The van der Waals surface area contributed by atoms with E-state index in [2.05, 4.69) is 23.5 Å². The Morgan fingerprint density at radius 3 is 2.95 bits per heavy atom. The van der Waals surface area contributed by atoms with Crippen LogP contribution < -0.4 is 10.1 Å². The van der Waals surface area contributed by atoms with Gasteiger partial charge in [-0.25, -0.2) is 0 Å². The maximum atomic E-state index is 6.56. The van der Waals surface area contributed by atoms with E-state index in [0.29, 0.717) is 0 Å². The summed E-state index contributed by atoms with van der Waals surface area (Å²) in [6, 6.07) is 6.58. The summed E-state index contributed by atoms with van der Waals surface area (Å²) in [7, 11) is 0. The van der Waals surface area contributed by atoms with Crippen molar-refractivity contribution in [2.75, 3.05) is 19.7 Å². The van der Waals surface area contributed by atoms with E-state index in [9.17, 15) is 0 Å². The number of benzene rings is 1. The molecule has 1 saturated heterocycles. The molecular weight excluding hydrogens is 250 g/mol. The molecule has 1 spiro atoms. The Morgan fingerprint density at radius 1 is 1.15 bits per heavy atom. The predicted octanol–water partition coefficient (Wildman–Crippen LogP) is 2.99. The van der Waals surface area contributed by atoms with Gasteiger partial charge >= 0.3 is 0 Å². The SMILES string of the molecule is c1cc2c(cc1C1CNCC3(CCCCC3)O1)CCO2. The van der Waals surface area contributed by atoms with Crippen molar-refractivity contribution in [2.24, 2.45) is 0 Å². The van der Waals surface area contributed by atoms with Crippen molar-refractivity contribution >= 4 is 0 Å². The first-order valence-electron chi connectivity index (χ1n) is 7.99. The summed E-state index contributed by atoms with van der Waals surface area (Å²) in [6.45, 7) is 2.78. The van der Waals surface area contributed by atoms with Crippen molar-refractivity contribution < 1.29 is 9.47 Å². The van der Waals surface area contributed by atoms with Crippen LogP contribution in [-0.4, -0.2) is 25.3 Å². The maximum absolute atomic E-state index is 6.56. The summed E-state index contributed by atoms with van der Waals surface area (Å²) in [5.41, 5.74) is 2.75. The number of nitrogens with one attached hydrogen (secondary N) is 1. The second-order valence-electron chi connectivity index (χ2n) is 6.45. The summed E-state index contributed by atoms with van der Waals surface area (Å²) in [4.78, 5) is 0. The van der Waals surface area contributed by atoms with Gasteiger partial charge in [0.15, 0.2) is 0 Å². The number of ether oxygens (including phenoxy) is 2. The van der Waals surface area contributed by atoms with Crippen molar-refractivity contribution in [2.45, 2.75) is 50.2 Å². The molecule has 1 aromatic carbocycles. The first-order chi connectivity index (χ1) is 9.85. The Bertz CT molecular complexity index is 488. The molecule has 4 rings (SSSR count). The molecule has 20 heavy (non-hydrogen) atoms. The van der Waals surface area contributed by atoms with Gasteiger partial charge in [0.2, 0.25) is 0 Å². The van der Waals surface area contributed by atoms with E-state index in [1.807, 2.05) is 0 Å². The summed E-state index contributed by atoms with van der Waals surface area (Å²) in [5, 5.41) is 3.61. The first-order valence-corrected chi connectivity index (χ1v) is 7.99. The average Bonchev–Trinajstić information content (AvgIpc) is 2.95. The van der Waals surface area contributed by atoms with Crippen LogP contribution in [0.25, 0.3) is 0 Å². The molecule has 1 atom stereocenters. The van der Waals surface area contributed by atoms with Crippen LogP contribution in [0.15, 0.2) is 18.2 Å². The Balaban J connectivity index is 1.55. The zero-order valence-corrected chi connectivity index (χ0v) is 12.0. The van der Waals surface area contributed by atoms with E-state index in [4.69, 9.17) is 9.47 Å². The summed E-state index contributed by atoms with van der Waals surface area (Å²) >= 11 is 0. The van der Waals surface area contributed by atoms with Gasteiger partial charge in [-0.1, -0.05) is 25.3 Å². The lowest BCUT2D eigenvalue weighted by Gasteiger charge is -2.44. The first kappa shape index (κ1) is 12.7. The standard InChI is InChI=1S/C17H23NO2/c1-2-7-17(8-3-1)12-18-11-16(20-17)13-4-5-15-14(10-13)6-9-19-15/h4-5,10,16,18H,1-3,6-9,11-12H2. The highest BCUT2D eigenvalue weighted by Gasteiger charge is 2.38. The van der Waals surface area contributed by atoms with E-state index in [1.54, 1.807) is 0 Å². The van der Waals surface area contributed by atoms with Crippen LogP contribution in [0.3, 0.4) is 0 Å². The molecule has 2 heterocycles. The van der Waals surface area contributed by atoms with E-state index in [1.165, 1.54) is 43.2 Å². The number of morpholine rings is 1. The lowest BCUT2D eigenvalue weighted by Crippen LogP contribution is -2.51. The highest BCUT2D eigenvalue weighted by Crippen LogP contribution is 2.39. The maximum Gasteiger partial charge on any atom is 0.122 e. The molecule has 0 radical (unpaired) electrons. The summed E-state index contributed by atoms with van der Waals surface area (Å²) in [6.07, 6.45) is 7.65. The fraction of sp³-hybridized carbons (Fsp3) is 0.647. The fourth-order valence-corrected chi connectivity index (χ4v) is 3.90. The van der Waals surface area contributed by atoms with Crippen LogP contribution in [0.4, 0.5) is 0 Å². The predicted molar refractivity (Wildman–Crippen MR) is 78.2 cm³/mol. The van der Waals surface area contributed by atoms with Crippen molar-refractivity contribution in [1.82, 2.24) is 5.32 Å². The minimum Gasteiger partial charge on any atom is -0.493 e. The summed E-state index contributed by atoms with van der Waals surface area (Å²) < 4.78 is 12.2. The van der Waals surface area contributed by atoms with Crippen LogP contribution in [0.2, 0.25) is 0 Å². The van der Waals surface area contributed by atoms with Crippen LogP contribution >= 0.6 is 0 Å². The molecule has 3 nitrogen and oxygen atoms in total. The molecule has 108 valence electrons. The summed E-state index contributed by atoms with van der Waals surface area (Å²) in [5.74, 6) is 1.06. The average molecular weight is 273 g/mol. The lowest BCUT2D eigenvalue weighted by molar-refractivity contribution is -0.135. The molecule has 1 aliphatic carbocycles. The molecule has 1 N–H and O–H groups in total. The zero-order valence-electron chi connectivity index (χ0n) is 12.0. The quantitative estimate of drug-likeness (QED) is 0.853. The van der Waals surface area contributed by atoms with Gasteiger partial charge in [-0.15, -0.1) is 0 Å². The third kappa shape index (κ3) is 2.23. The molecule has 2 fully saturated rings. The number of hydrogen-bond acceptors (Lipinski definition) is 3. The Morgan fingerprint density at radius 2 is 2.05 bits per heavy atom. The molecule has 0 aromatic heterocycles. The van der Waals surface area contributed by atoms with Gasteiger partial charge in [0.25, 0.3) is 0 Å². The molecule has 2 aliphatic heterocycles. The lowest BCUT2D eigenvalue weighted by atomic mass is 9.83. The van der Waals surface area contributed by atoms with Gasteiger partial charge < -0.3 is 14.8 Å². The molecule has 0 bridgehead atoms. The van der Waals surface area contributed by atoms with E-state index < -0.39 is 0 Å². The van der Waals surface area contributed by atoms with Gasteiger partial charge in [-0.05, 0) is 36.1 Å². The molecule has 3 heteroatoms. The van der Waals surface area contributed by atoms with Gasteiger partial charge in [-0.2, -0.15) is 0 Å². The van der Waals surface area contributed by atoms with E-state index in [0.717, 1.165) is 31.9 Å². The molecule has 1 unspecified atom stereocenters. The highest BCUT2D eigenvalue weighted by atomic mass is 16.5. The molecule has 0 amide bonds. The van der Waals surface area contributed by atoms with Crippen LogP contribution in [-0.2, 0) is 11.2 Å². The van der Waals surface area contributed by atoms with Crippen LogP contribution in [0.1, 0.15) is 49.3 Å². The van der Waals surface area contributed by atoms with Gasteiger partial charge in [-0.3, -0.25) is 0 Å². The van der Waals surface area contributed by atoms with Crippen LogP contribution in [0.5, 0.6) is 5.75 Å². The molecule has 3 aliphatic rings. The Hall–Kier alpha value is -1.06. The largest absolute Gasteiger partial charge is 0.493 e. The number of rotatable bonds is 1. The second-order valence-corrected chi connectivity index (χ2v) is 6.45. The normalized spacial score (nSPS) is 28.1.